The smallest absolute Gasteiger partial charge is 0.261 e. The van der Waals surface area contributed by atoms with E-state index in [0.717, 1.165) is 49.9 Å². The van der Waals surface area contributed by atoms with Gasteiger partial charge in [-0.3, -0.25) is 15.0 Å². The summed E-state index contributed by atoms with van der Waals surface area (Å²) in [5, 5.41) is 8.57. The minimum atomic E-state index is -2.63. The normalized spacial score (nSPS) is 15.4. The van der Waals surface area contributed by atoms with Crippen molar-refractivity contribution in [3.05, 3.63) is 90.0 Å². The van der Waals surface area contributed by atoms with Gasteiger partial charge in [-0.25, -0.2) is 18.2 Å². The predicted octanol–water partition coefficient (Wildman–Crippen LogP) is 7.12. The Balaban J connectivity index is 1.25. The molecule has 1 aliphatic rings. The third-order valence-corrected chi connectivity index (χ3v) is 7.43. The van der Waals surface area contributed by atoms with Crippen molar-refractivity contribution in [2.75, 3.05) is 13.1 Å². The van der Waals surface area contributed by atoms with E-state index in [1.807, 2.05) is 55.5 Å². The molecule has 0 bridgehead atoms. The Bertz CT molecular complexity index is 1870. The summed E-state index contributed by atoms with van der Waals surface area (Å²) in [7, 11) is 0. The van der Waals surface area contributed by atoms with E-state index in [1.165, 1.54) is 6.07 Å². The molecule has 0 atom stereocenters. The van der Waals surface area contributed by atoms with Gasteiger partial charge in [0.2, 0.25) is 0 Å². The molecule has 0 saturated carbocycles. The molecule has 5 heterocycles. The van der Waals surface area contributed by atoms with Crippen molar-refractivity contribution in [2.45, 2.75) is 25.8 Å². The van der Waals surface area contributed by atoms with Crippen LogP contribution in [-0.2, 0) is 6.54 Å². The fourth-order valence-corrected chi connectivity index (χ4v) is 5.59. The van der Waals surface area contributed by atoms with Crippen molar-refractivity contribution in [3.63, 3.8) is 0 Å². The quantitative estimate of drug-likeness (QED) is 0.245. The Morgan fingerprint density at radius 3 is 2.70 bits per heavy atom. The van der Waals surface area contributed by atoms with Crippen molar-refractivity contribution in [1.82, 2.24) is 30.0 Å². The van der Waals surface area contributed by atoms with Crippen LogP contribution in [0.25, 0.3) is 55.7 Å². The van der Waals surface area contributed by atoms with Crippen LogP contribution in [0.3, 0.4) is 0 Å². The van der Waals surface area contributed by atoms with Gasteiger partial charge in [0.15, 0.2) is 0 Å². The summed E-state index contributed by atoms with van der Waals surface area (Å²) in [5.74, 6) is -2.90. The van der Waals surface area contributed by atoms with E-state index in [9.17, 15) is 13.2 Å². The van der Waals surface area contributed by atoms with Gasteiger partial charge in [0.05, 0.1) is 23.4 Å². The van der Waals surface area contributed by atoms with Crippen LogP contribution in [0.15, 0.2) is 73.1 Å². The third kappa shape index (κ3) is 4.52. The third-order valence-electron chi connectivity index (χ3n) is 7.43. The molecule has 1 aliphatic heterocycles. The van der Waals surface area contributed by atoms with Crippen LogP contribution in [0.4, 0.5) is 13.2 Å². The molecule has 9 heteroatoms. The second-order valence-electron chi connectivity index (χ2n) is 10.5. The van der Waals surface area contributed by atoms with Crippen LogP contribution in [0.1, 0.15) is 17.5 Å². The lowest BCUT2D eigenvalue weighted by molar-refractivity contribution is 0.0115. The zero-order valence-corrected chi connectivity index (χ0v) is 21.7. The van der Waals surface area contributed by atoms with Crippen molar-refractivity contribution >= 4 is 21.9 Å². The highest BCUT2D eigenvalue weighted by atomic mass is 19.3. The second kappa shape index (κ2) is 9.31. The van der Waals surface area contributed by atoms with Gasteiger partial charge in [-0.2, -0.15) is 5.10 Å². The summed E-state index contributed by atoms with van der Waals surface area (Å²) in [5.41, 5.74) is 8.80. The summed E-state index contributed by atoms with van der Waals surface area (Å²) in [6, 6.07) is 18.7. The van der Waals surface area contributed by atoms with Gasteiger partial charge in [0.1, 0.15) is 17.0 Å². The van der Waals surface area contributed by atoms with Crippen LogP contribution >= 0.6 is 0 Å². The number of alkyl halides is 2. The van der Waals surface area contributed by atoms with Gasteiger partial charge in [-0.05, 0) is 71.6 Å². The molecule has 6 nitrogen and oxygen atoms in total. The number of benzene rings is 2. The van der Waals surface area contributed by atoms with E-state index in [-0.39, 0.29) is 18.8 Å². The van der Waals surface area contributed by atoms with Crippen molar-refractivity contribution in [3.8, 4) is 33.8 Å². The second-order valence-corrected chi connectivity index (χ2v) is 10.5. The lowest BCUT2D eigenvalue weighted by Gasteiger charge is -2.15. The number of likely N-dealkylation sites (tertiary alicyclic amines) is 1. The molecule has 1 saturated heterocycles. The summed E-state index contributed by atoms with van der Waals surface area (Å²) in [4.78, 5) is 14.5. The summed E-state index contributed by atoms with van der Waals surface area (Å²) < 4.78 is 41.5. The van der Waals surface area contributed by atoms with E-state index >= 15 is 0 Å². The molecule has 200 valence electrons. The molecule has 0 amide bonds. The maximum atomic E-state index is 14.2. The van der Waals surface area contributed by atoms with E-state index < -0.39 is 5.92 Å². The fraction of sp³-hybridized carbons (Fsp3) is 0.194. The molecule has 1 fully saturated rings. The first-order valence-corrected chi connectivity index (χ1v) is 13.1. The van der Waals surface area contributed by atoms with Gasteiger partial charge in [0, 0.05) is 48.4 Å². The molecule has 4 aromatic heterocycles. The average molecular weight is 539 g/mol. The number of aryl methyl sites for hydroxylation is 1. The minimum Gasteiger partial charge on any atom is -0.353 e. The summed E-state index contributed by atoms with van der Waals surface area (Å²) in [6.07, 6.45) is 3.33. The molecule has 2 aromatic carbocycles. The number of halogens is 3. The van der Waals surface area contributed by atoms with Crippen molar-refractivity contribution in [1.29, 1.82) is 0 Å². The first-order chi connectivity index (χ1) is 19.3. The summed E-state index contributed by atoms with van der Waals surface area (Å²) >= 11 is 0. The number of hydrogen-bond acceptors (Lipinski definition) is 4. The van der Waals surface area contributed by atoms with Crippen molar-refractivity contribution in [2.24, 2.45) is 0 Å². The Morgan fingerprint density at radius 2 is 1.88 bits per heavy atom. The number of nitrogens with one attached hydrogen (secondary N) is 2. The molecule has 7 rings (SSSR count). The number of nitrogens with zero attached hydrogens (tertiary/aromatic N) is 4. The summed E-state index contributed by atoms with van der Waals surface area (Å²) in [6.45, 7) is 2.43. The SMILES string of the molecule is Cc1cc(F)cc(-c2cccc3[nH]c(-c4n[nH]c5ccc(-c6cncc(CN7CCC(F)(F)C7)c6)nc45)cc23)c1. The van der Waals surface area contributed by atoms with Gasteiger partial charge >= 0.3 is 0 Å². The lowest BCUT2D eigenvalue weighted by Crippen LogP contribution is -2.24. The Labute approximate surface area is 227 Å². The molecule has 0 radical (unpaired) electrons. The number of fused-ring (bicyclic) bond motifs is 2. The number of aromatic nitrogens is 5. The lowest BCUT2D eigenvalue weighted by atomic mass is 10.00. The molecular formula is C31H25F3N6. The molecule has 0 spiro atoms. The highest BCUT2D eigenvalue weighted by molar-refractivity contribution is 6.00. The zero-order chi connectivity index (χ0) is 27.4. The fourth-order valence-electron chi connectivity index (χ4n) is 5.59. The predicted molar refractivity (Wildman–Crippen MR) is 149 cm³/mol. The standard InChI is InChI=1S/C31H25F3N6/c1-18-9-20(12-22(32)10-18)23-3-2-4-26-24(23)13-28(36-26)30-29-27(38-39-30)6-5-25(37-29)21-11-19(14-35-15-21)16-40-8-7-31(33,34)17-40/h2-6,9-15,36H,7-8,16-17H2,1H3,(H,38,39). The van der Waals surface area contributed by atoms with E-state index in [2.05, 4.69) is 20.2 Å². The average Bonchev–Trinajstić information content (AvgIpc) is 3.63. The monoisotopic (exact) mass is 538 g/mol. The van der Waals surface area contributed by atoms with Crippen LogP contribution in [0, 0.1) is 12.7 Å². The molecule has 6 aromatic rings. The van der Waals surface area contributed by atoms with Crippen LogP contribution < -0.4 is 0 Å². The van der Waals surface area contributed by atoms with Gasteiger partial charge in [0.25, 0.3) is 5.92 Å². The zero-order valence-electron chi connectivity index (χ0n) is 21.7. The minimum absolute atomic E-state index is 0.112. The van der Waals surface area contributed by atoms with E-state index in [1.54, 1.807) is 23.4 Å². The van der Waals surface area contributed by atoms with Crippen LogP contribution in [0.2, 0.25) is 0 Å². The highest BCUT2D eigenvalue weighted by Crippen LogP contribution is 2.35. The molecule has 2 N–H and O–H groups in total. The Morgan fingerprint density at radius 1 is 0.975 bits per heavy atom. The topological polar surface area (TPSA) is 73.5 Å². The maximum Gasteiger partial charge on any atom is 0.261 e. The number of pyridine rings is 2. The van der Waals surface area contributed by atoms with Gasteiger partial charge in [-0.1, -0.05) is 18.2 Å². The highest BCUT2D eigenvalue weighted by Gasteiger charge is 2.37. The molecule has 0 aliphatic carbocycles. The largest absolute Gasteiger partial charge is 0.353 e. The Kier molecular flexibility index (Phi) is 5.71. The first-order valence-electron chi connectivity index (χ1n) is 13.1. The van der Waals surface area contributed by atoms with Crippen LogP contribution in [0.5, 0.6) is 0 Å². The van der Waals surface area contributed by atoms with E-state index in [4.69, 9.17) is 4.98 Å². The number of H-pyrrole nitrogens is 2. The van der Waals surface area contributed by atoms with Gasteiger partial charge < -0.3 is 4.98 Å². The van der Waals surface area contributed by atoms with Crippen molar-refractivity contribution < 1.29 is 13.2 Å². The number of hydrogen-bond donors (Lipinski definition) is 2. The first kappa shape index (κ1) is 24.5. The van der Waals surface area contributed by atoms with Crippen LogP contribution in [-0.4, -0.2) is 49.1 Å². The Hall–Kier alpha value is -4.50. The molecular weight excluding hydrogens is 513 g/mol. The number of rotatable bonds is 5. The molecule has 0 unspecified atom stereocenters. The number of aromatic amines is 2. The maximum absolute atomic E-state index is 14.2. The van der Waals surface area contributed by atoms with E-state index in [0.29, 0.717) is 30.0 Å². The van der Waals surface area contributed by atoms with Gasteiger partial charge in [-0.15, -0.1) is 0 Å². The molecule has 40 heavy (non-hydrogen) atoms.